The molecule has 8 heteroatoms. The molecule has 0 saturated heterocycles. The number of hydrogen-bond donors (Lipinski definition) is 0. The molecule has 0 aliphatic carbocycles. The second kappa shape index (κ2) is 7.28. The number of carbonyl (C=O) groups is 1. The standard InChI is InChI=1S/C19H20N2O4S2/c1-12(2)27(23,24)14-10-8-13(9-11-14)18(22)20-19-21(3)17-15(25-4)6-5-7-16(17)26-19/h5-12H,1-4H3. The summed E-state index contributed by atoms with van der Waals surface area (Å²) in [6.07, 6.45) is 0. The highest BCUT2D eigenvalue weighted by Gasteiger charge is 2.19. The number of fused-ring (bicyclic) bond motifs is 1. The number of hydrogen-bond acceptors (Lipinski definition) is 5. The summed E-state index contributed by atoms with van der Waals surface area (Å²) in [4.78, 5) is 17.5. The number of nitrogens with zero attached hydrogens (tertiary/aromatic N) is 2. The van der Waals surface area contributed by atoms with E-state index in [9.17, 15) is 13.2 Å². The van der Waals surface area contributed by atoms with E-state index in [1.54, 1.807) is 21.0 Å². The zero-order valence-electron chi connectivity index (χ0n) is 15.5. The lowest BCUT2D eigenvalue weighted by Gasteiger charge is -2.07. The average Bonchev–Trinajstić information content (AvgIpc) is 2.97. The molecule has 0 saturated carbocycles. The van der Waals surface area contributed by atoms with Crippen LogP contribution in [0.3, 0.4) is 0 Å². The van der Waals surface area contributed by atoms with Crippen molar-refractivity contribution >= 4 is 37.3 Å². The van der Waals surface area contributed by atoms with Crippen LogP contribution in [0, 0.1) is 0 Å². The van der Waals surface area contributed by atoms with Gasteiger partial charge >= 0.3 is 0 Å². The van der Waals surface area contributed by atoms with E-state index in [1.807, 2.05) is 29.8 Å². The van der Waals surface area contributed by atoms with E-state index in [0.29, 0.717) is 16.1 Å². The summed E-state index contributed by atoms with van der Waals surface area (Å²) in [7, 11) is 0.0557. The molecule has 0 N–H and O–H groups in total. The van der Waals surface area contributed by atoms with Gasteiger partial charge in [-0.25, -0.2) is 8.42 Å². The molecule has 1 amide bonds. The van der Waals surface area contributed by atoms with E-state index in [4.69, 9.17) is 4.74 Å². The Labute approximate surface area is 161 Å². The minimum absolute atomic E-state index is 0.200. The molecule has 2 aromatic carbocycles. The Morgan fingerprint density at radius 2 is 1.81 bits per heavy atom. The van der Waals surface area contributed by atoms with Crippen LogP contribution in [0.25, 0.3) is 10.2 Å². The van der Waals surface area contributed by atoms with Gasteiger partial charge < -0.3 is 9.30 Å². The number of ether oxygens (including phenoxy) is 1. The van der Waals surface area contributed by atoms with Crippen LogP contribution < -0.4 is 9.54 Å². The van der Waals surface area contributed by atoms with Gasteiger partial charge in [0.15, 0.2) is 14.6 Å². The van der Waals surface area contributed by atoms with Crippen molar-refractivity contribution in [1.29, 1.82) is 0 Å². The highest BCUT2D eigenvalue weighted by molar-refractivity contribution is 7.92. The summed E-state index contributed by atoms with van der Waals surface area (Å²) in [6, 6.07) is 11.6. The Kier molecular flexibility index (Phi) is 5.21. The predicted octanol–water partition coefficient (Wildman–Crippen LogP) is 3.17. The van der Waals surface area contributed by atoms with E-state index in [2.05, 4.69) is 4.99 Å². The van der Waals surface area contributed by atoms with Crippen molar-refractivity contribution in [3.8, 4) is 5.75 Å². The van der Waals surface area contributed by atoms with Gasteiger partial charge in [0.1, 0.15) is 11.3 Å². The molecule has 142 valence electrons. The maximum absolute atomic E-state index is 12.5. The first-order chi connectivity index (χ1) is 12.8. The van der Waals surface area contributed by atoms with Crippen LogP contribution >= 0.6 is 11.3 Å². The molecule has 27 heavy (non-hydrogen) atoms. The molecule has 6 nitrogen and oxygen atoms in total. The summed E-state index contributed by atoms with van der Waals surface area (Å²) in [6.45, 7) is 3.25. The zero-order valence-corrected chi connectivity index (χ0v) is 17.1. The van der Waals surface area contributed by atoms with Gasteiger partial charge in [0, 0.05) is 12.6 Å². The van der Waals surface area contributed by atoms with Crippen LogP contribution in [0.4, 0.5) is 0 Å². The van der Waals surface area contributed by atoms with Gasteiger partial charge in [-0.3, -0.25) is 4.79 Å². The third-order valence-corrected chi connectivity index (χ3v) is 7.52. The van der Waals surface area contributed by atoms with Crippen LogP contribution in [0.1, 0.15) is 24.2 Å². The number of aromatic nitrogens is 1. The van der Waals surface area contributed by atoms with Crippen molar-refractivity contribution in [1.82, 2.24) is 4.57 Å². The minimum Gasteiger partial charge on any atom is -0.495 e. The van der Waals surface area contributed by atoms with E-state index >= 15 is 0 Å². The molecule has 0 radical (unpaired) electrons. The van der Waals surface area contributed by atoms with Gasteiger partial charge in [-0.2, -0.15) is 4.99 Å². The maximum atomic E-state index is 12.5. The Bertz CT molecular complexity index is 1170. The summed E-state index contributed by atoms with van der Waals surface area (Å²) in [5.41, 5.74) is 1.21. The van der Waals surface area contributed by atoms with E-state index < -0.39 is 21.0 Å². The minimum atomic E-state index is -3.37. The molecule has 0 fully saturated rings. The Morgan fingerprint density at radius 1 is 1.15 bits per heavy atom. The zero-order chi connectivity index (χ0) is 19.8. The van der Waals surface area contributed by atoms with Gasteiger partial charge in [0.2, 0.25) is 0 Å². The number of methoxy groups -OCH3 is 1. The first-order valence-corrected chi connectivity index (χ1v) is 10.7. The van der Waals surface area contributed by atoms with Crippen molar-refractivity contribution in [3.05, 3.63) is 52.8 Å². The molecule has 1 aromatic heterocycles. The number of thiazole rings is 1. The monoisotopic (exact) mass is 404 g/mol. The number of sulfone groups is 1. The highest BCUT2D eigenvalue weighted by Crippen LogP contribution is 2.26. The summed E-state index contributed by atoms with van der Waals surface area (Å²) in [5.74, 6) is 0.285. The average molecular weight is 405 g/mol. The molecule has 0 spiro atoms. The van der Waals surface area contributed by atoms with Crippen molar-refractivity contribution in [3.63, 3.8) is 0 Å². The van der Waals surface area contributed by atoms with Gasteiger partial charge in [-0.05, 0) is 50.2 Å². The second-order valence-corrected chi connectivity index (χ2v) is 9.80. The number of aryl methyl sites for hydroxylation is 1. The Hall–Kier alpha value is -2.45. The van der Waals surface area contributed by atoms with Gasteiger partial charge in [0.05, 0.1) is 22.0 Å². The Balaban J connectivity index is 2.00. The lowest BCUT2D eigenvalue weighted by Crippen LogP contribution is -2.15. The van der Waals surface area contributed by atoms with Gasteiger partial charge in [-0.1, -0.05) is 17.4 Å². The predicted molar refractivity (Wildman–Crippen MR) is 106 cm³/mol. The van der Waals surface area contributed by atoms with Crippen molar-refractivity contribution in [2.24, 2.45) is 12.0 Å². The van der Waals surface area contributed by atoms with Crippen LogP contribution in [0.2, 0.25) is 0 Å². The van der Waals surface area contributed by atoms with E-state index in [1.165, 1.54) is 35.6 Å². The lowest BCUT2D eigenvalue weighted by atomic mass is 10.2. The fourth-order valence-corrected chi connectivity index (χ4v) is 4.74. The summed E-state index contributed by atoms with van der Waals surface area (Å²) >= 11 is 1.39. The molecular weight excluding hydrogens is 384 g/mol. The maximum Gasteiger partial charge on any atom is 0.279 e. The normalized spacial score (nSPS) is 12.7. The highest BCUT2D eigenvalue weighted by atomic mass is 32.2. The molecule has 0 atom stereocenters. The van der Waals surface area contributed by atoms with Crippen LogP contribution in [0.5, 0.6) is 5.75 Å². The molecule has 0 aliphatic heterocycles. The van der Waals surface area contributed by atoms with Crippen molar-refractivity contribution < 1.29 is 17.9 Å². The number of rotatable bonds is 4. The second-order valence-electron chi connectivity index (χ2n) is 6.29. The van der Waals surface area contributed by atoms with Gasteiger partial charge in [-0.15, -0.1) is 0 Å². The van der Waals surface area contributed by atoms with Crippen LogP contribution in [0.15, 0.2) is 52.4 Å². The molecule has 3 rings (SSSR count). The number of benzene rings is 2. The van der Waals surface area contributed by atoms with Crippen LogP contribution in [-0.4, -0.2) is 31.3 Å². The third kappa shape index (κ3) is 3.54. The van der Waals surface area contributed by atoms with E-state index in [-0.39, 0.29) is 4.90 Å². The number of para-hydroxylation sites is 1. The number of amides is 1. The van der Waals surface area contributed by atoms with Crippen molar-refractivity contribution in [2.75, 3.05) is 7.11 Å². The SMILES string of the molecule is COc1cccc2sc(=NC(=O)c3ccc(S(=O)(=O)C(C)C)cc3)n(C)c12. The molecule has 0 bridgehead atoms. The quantitative estimate of drug-likeness (QED) is 0.669. The third-order valence-electron chi connectivity index (χ3n) is 4.25. The van der Waals surface area contributed by atoms with Crippen LogP contribution in [-0.2, 0) is 16.9 Å². The van der Waals surface area contributed by atoms with E-state index in [0.717, 1.165) is 10.2 Å². The topological polar surface area (TPSA) is 77.7 Å². The molecule has 3 aromatic rings. The fourth-order valence-electron chi connectivity index (χ4n) is 2.65. The first-order valence-electron chi connectivity index (χ1n) is 8.31. The molecule has 0 aliphatic rings. The summed E-state index contributed by atoms with van der Waals surface area (Å²) < 4.78 is 32.5. The van der Waals surface area contributed by atoms with Gasteiger partial charge in [0.25, 0.3) is 5.91 Å². The first kappa shape index (κ1) is 19.3. The molecule has 0 unspecified atom stereocenters. The smallest absolute Gasteiger partial charge is 0.279 e. The fraction of sp³-hybridized carbons (Fsp3) is 0.263. The lowest BCUT2D eigenvalue weighted by molar-refractivity contribution is 0.0998. The summed E-state index contributed by atoms with van der Waals surface area (Å²) in [5, 5.41) is -0.517. The Morgan fingerprint density at radius 3 is 2.41 bits per heavy atom. The van der Waals surface area contributed by atoms with Crippen molar-refractivity contribution in [2.45, 2.75) is 24.0 Å². The number of carbonyl (C=O) groups excluding carboxylic acids is 1. The largest absolute Gasteiger partial charge is 0.495 e. The molecular formula is C19H20N2O4S2. The molecule has 1 heterocycles.